The maximum absolute atomic E-state index is 10.6. The van der Waals surface area contributed by atoms with E-state index in [1.807, 2.05) is 0 Å². The van der Waals surface area contributed by atoms with Crippen molar-refractivity contribution in [2.45, 2.75) is 25.4 Å². The van der Waals surface area contributed by atoms with E-state index >= 15 is 0 Å². The fourth-order valence-electron chi connectivity index (χ4n) is 0.839. The van der Waals surface area contributed by atoms with Crippen molar-refractivity contribution in [1.29, 1.82) is 0 Å². The summed E-state index contributed by atoms with van der Waals surface area (Å²) in [5.41, 5.74) is -1.22. The first-order chi connectivity index (χ1) is 4.13. The Morgan fingerprint density at radius 3 is 2.78 bits per heavy atom. The highest BCUT2D eigenvalue weighted by Gasteiger charge is 2.34. The predicted octanol–water partition coefficient (Wildman–Crippen LogP) is 0.0744. The normalized spacial score (nSPS) is 36.0. The van der Waals surface area contributed by atoms with Crippen molar-refractivity contribution in [2.24, 2.45) is 0 Å². The van der Waals surface area contributed by atoms with Crippen molar-refractivity contribution in [3.8, 4) is 0 Å². The number of carbonyl (C=O) groups is 1. The summed E-state index contributed by atoms with van der Waals surface area (Å²) in [5.74, 6) is -0.492. The Morgan fingerprint density at radius 2 is 2.44 bits per heavy atom. The van der Waals surface area contributed by atoms with Crippen LogP contribution in [0.4, 0.5) is 0 Å². The lowest BCUT2D eigenvalue weighted by Gasteiger charge is -2.25. The third-order valence-corrected chi connectivity index (χ3v) is 1.48. The van der Waals surface area contributed by atoms with Gasteiger partial charge in [-0.1, -0.05) is 0 Å². The van der Waals surface area contributed by atoms with E-state index in [0.717, 1.165) is 6.42 Å². The maximum atomic E-state index is 10.6. The van der Waals surface area contributed by atoms with E-state index in [9.17, 15) is 4.79 Å². The summed E-state index contributed by atoms with van der Waals surface area (Å²) >= 11 is 0. The summed E-state index contributed by atoms with van der Waals surface area (Å²) in [5, 5.41) is 9.17. The molecule has 9 heavy (non-hydrogen) atoms. The van der Waals surface area contributed by atoms with Crippen LogP contribution in [-0.2, 0) is 9.53 Å². The Kier molecular flexibility index (Phi) is 1.45. The van der Waals surface area contributed by atoms with Gasteiger partial charge in [-0.05, 0) is 19.8 Å². The Bertz CT molecular complexity index is 128. The highest BCUT2D eigenvalue weighted by molar-refractivity contribution is 5.79. The summed E-state index contributed by atoms with van der Waals surface area (Å²) in [6, 6.07) is 0. The Labute approximate surface area is 53.6 Å². The van der Waals surface area contributed by atoms with E-state index in [-0.39, 0.29) is 0 Å². The summed E-state index contributed by atoms with van der Waals surface area (Å²) in [7, 11) is 0. The minimum absolute atomic E-state index is 0.453. The van der Waals surface area contributed by atoms with Gasteiger partial charge in [-0.2, -0.15) is 0 Å². The fraction of sp³-hybridized carbons (Fsp3) is 0.833. The van der Waals surface area contributed by atoms with E-state index < -0.39 is 11.6 Å². The van der Waals surface area contributed by atoms with Gasteiger partial charge in [0, 0.05) is 0 Å². The molecule has 1 aliphatic rings. The molecule has 1 N–H and O–H groups in total. The molecule has 1 rings (SSSR count). The molecule has 1 atom stereocenters. The van der Waals surface area contributed by atoms with Crippen molar-refractivity contribution in [2.75, 3.05) is 6.61 Å². The number of carbonyl (C=O) groups excluding carboxylic acids is 1. The molecule has 0 aromatic rings. The zero-order chi connectivity index (χ0) is 6.91. The van der Waals surface area contributed by atoms with Gasteiger partial charge in [0.1, 0.15) is 0 Å². The summed E-state index contributed by atoms with van der Waals surface area (Å²) in [6.07, 6.45) is 1.28. The van der Waals surface area contributed by atoms with Crippen LogP contribution >= 0.6 is 0 Å². The van der Waals surface area contributed by atoms with Crippen molar-refractivity contribution < 1.29 is 14.6 Å². The van der Waals surface area contributed by atoms with Crippen molar-refractivity contribution >= 4 is 5.97 Å². The van der Waals surface area contributed by atoms with Crippen LogP contribution in [-0.4, -0.2) is 23.3 Å². The molecule has 0 radical (unpaired) electrons. The molecule has 3 heteroatoms. The lowest BCUT2D eigenvalue weighted by atomic mass is 9.99. The second-order valence-electron chi connectivity index (χ2n) is 2.51. The summed E-state index contributed by atoms with van der Waals surface area (Å²) in [4.78, 5) is 10.6. The number of hydrogen-bond acceptors (Lipinski definition) is 3. The maximum Gasteiger partial charge on any atom is 0.337 e. The monoisotopic (exact) mass is 130 g/mol. The first kappa shape index (κ1) is 6.55. The van der Waals surface area contributed by atoms with Crippen molar-refractivity contribution in [3.63, 3.8) is 0 Å². The second kappa shape index (κ2) is 1.99. The molecule has 1 aliphatic heterocycles. The number of rotatable bonds is 0. The third kappa shape index (κ3) is 1.21. The molecular weight excluding hydrogens is 120 g/mol. The number of cyclic esters (lactones) is 1. The molecule has 0 unspecified atom stereocenters. The van der Waals surface area contributed by atoms with E-state index in [1.54, 1.807) is 0 Å². The minimum atomic E-state index is -1.22. The molecule has 0 bridgehead atoms. The molecule has 0 aromatic heterocycles. The van der Waals surface area contributed by atoms with Gasteiger partial charge in [0.25, 0.3) is 0 Å². The molecule has 0 aliphatic carbocycles. The molecule has 3 nitrogen and oxygen atoms in total. The average Bonchev–Trinajstić information content (AvgIpc) is 1.77. The van der Waals surface area contributed by atoms with Crippen molar-refractivity contribution in [3.05, 3.63) is 0 Å². The van der Waals surface area contributed by atoms with Crippen LogP contribution in [0.2, 0.25) is 0 Å². The summed E-state index contributed by atoms with van der Waals surface area (Å²) in [6.45, 7) is 1.93. The van der Waals surface area contributed by atoms with Crippen LogP contribution in [0.3, 0.4) is 0 Å². The number of ether oxygens (including phenoxy) is 1. The van der Waals surface area contributed by atoms with Gasteiger partial charge in [0.15, 0.2) is 5.60 Å². The predicted molar refractivity (Wildman–Crippen MR) is 30.8 cm³/mol. The topological polar surface area (TPSA) is 46.5 Å². The average molecular weight is 130 g/mol. The quantitative estimate of drug-likeness (QED) is 0.472. The molecule has 0 amide bonds. The molecule has 52 valence electrons. The highest BCUT2D eigenvalue weighted by atomic mass is 16.6. The van der Waals surface area contributed by atoms with Crippen LogP contribution in [0.1, 0.15) is 19.8 Å². The first-order valence-corrected chi connectivity index (χ1v) is 3.02. The van der Waals surface area contributed by atoms with Gasteiger partial charge in [0.05, 0.1) is 6.61 Å². The number of esters is 1. The largest absolute Gasteiger partial charge is 0.464 e. The SMILES string of the molecule is C[C@]1(O)CCCOC1=O. The van der Waals surface area contributed by atoms with E-state index in [1.165, 1.54) is 6.92 Å². The standard InChI is InChI=1S/C6H10O3/c1-6(8)3-2-4-9-5(6)7/h8H,2-4H2,1H3/t6-/m0/s1. The molecule has 1 heterocycles. The van der Waals surface area contributed by atoms with Gasteiger partial charge >= 0.3 is 5.97 Å². The van der Waals surface area contributed by atoms with Crippen LogP contribution < -0.4 is 0 Å². The molecular formula is C6H10O3. The molecule has 0 spiro atoms. The number of hydrogen-bond donors (Lipinski definition) is 1. The Hall–Kier alpha value is -0.570. The van der Waals surface area contributed by atoms with Gasteiger partial charge in [0.2, 0.25) is 0 Å². The van der Waals surface area contributed by atoms with Crippen LogP contribution in [0.25, 0.3) is 0 Å². The molecule has 1 fully saturated rings. The van der Waals surface area contributed by atoms with Crippen LogP contribution in [0, 0.1) is 0 Å². The van der Waals surface area contributed by atoms with Crippen molar-refractivity contribution in [1.82, 2.24) is 0 Å². The van der Waals surface area contributed by atoms with Crippen LogP contribution in [0.15, 0.2) is 0 Å². The van der Waals surface area contributed by atoms with Crippen LogP contribution in [0.5, 0.6) is 0 Å². The second-order valence-corrected chi connectivity index (χ2v) is 2.51. The Balaban J connectivity index is 2.60. The van der Waals surface area contributed by atoms with E-state index in [4.69, 9.17) is 5.11 Å². The lowest BCUT2D eigenvalue weighted by molar-refractivity contribution is -0.171. The fourth-order valence-corrected chi connectivity index (χ4v) is 0.839. The smallest absolute Gasteiger partial charge is 0.337 e. The van der Waals surface area contributed by atoms with Gasteiger partial charge in [-0.15, -0.1) is 0 Å². The highest BCUT2D eigenvalue weighted by Crippen LogP contribution is 2.18. The lowest BCUT2D eigenvalue weighted by Crippen LogP contribution is -2.40. The van der Waals surface area contributed by atoms with Gasteiger partial charge in [-0.25, -0.2) is 4.79 Å². The molecule has 1 saturated heterocycles. The Morgan fingerprint density at radius 1 is 1.78 bits per heavy atom. The first-order valence-electron chi connectivity index (χ1n) is 3.02. The zero-order valence-electron chi connectivity index (χ0n) is 5.39. The van der Waals surface area contributed by atoms with E-state index in [0.29, 0.717) is 13.0 Å². The van der Waals surface area contributed by atoms with Gasteiger partial charge < -0.3 is 9.84 Å². The van der Waals surface area contributed by atoms with Gasteiger partial charge in [-0.3, -0.25) is 0 Å². The number of aliphatic hydroxyl groups is 1. The molecule has 0 aromatic carbocycles. The minimum Gasteiger partial charge on any atom is -0.464 e. The summed E-state index contributed by atoms with van der Waals surface area (Å²) < 4.78 is 4.60. The molecule has 0 saturated carbocycles. The zero-order valence-corrected chi connectivity index (χ0v) is 5.39. The van der Waals surface area contributed by atoms with E-state index in [2.05, 4.69) is 4.74 Å². The third-order valence-electron chi connectivity index (χ3n) is 1.48.